The maximum Gasteiger partial charge on any atom is 0.191 e. The van der Waals surface area contributed by atoms with Gasteiger partial charge in [0.15, 0.2) is 5.96 Å². The van der Waals surface area contributed by atoms with Crippen LogP contribution in [0.4, 0.5) is 0 Å². The smallest absolute Gasteiger partial charge is 0.191 e. The van der Waals surface area contributed by atoms with Gasteiger partial charge in [0.1, 0.15) is 0 Å². The molecule has 2 N–H and O–H groups in total. The predicted molar refractivity (Wildman–Crippen MR) is 92.0 cm³/mol. The highest BCUT2D eigenvalue weighted by Gasteiger charge is 2.14. The average molecular weight is 295 g/mol. The van der Waals surface area contributed by atoms with Crippen LogP contribution in [0.25, 0.3) is 0 Å². The first-order chi connectivity index (χ1) is 10.3. The molecule has 0 atom stereocenters. The lowest BCUT2D eigenvalue weighted by molar-refractivity contribution is 0.136. The second-order valence-electron chi connectivity index (χ2n) is 5.41. The Morgan fingerprint density at radius 3 is 2.43 bits per heavy atom. The molecule has 1 aliphatic heterocycles. The zero-order chi connectivity index (χ0) is 15.3. The summed E-state index contributed by atoms with van der Waals surface area (Å²) in [6.07, 6.45) is 4.23. The number of hydrogen-bond acceptors (Lipinski definition) is 3. The van der Waals surface area contributed by atoms with Crippen molar-refractivity contribution >= 4 is 5.96 Å². The molecule has 0 unspecified atom stereocenters. The third kappa shape index (κ3) is 8.07. The summed E-state index contributed by atoms with van der Waals surface area (Å²) in [5.41, 5.74) is 0. The fourth-order valence-electron chi connectivity index (χ4n) is 2.48. The number of likely N-dealkylation sites (N-methyl/N-ethyl adjacent to an activating group) is 1. The van der Waals surface area contributed by atoms with Gasteiger partial charge in [-0.3, -0.25) is 4.99 Å². The van der Waals surface area contributed by atoms with Crippen molar-refractivity contribution in [2.75, 3.05) is 58.9 Å². The van der Waals surface area contributed by atoms with Crippen LogP contribution in [0.5, 0.6) is 0 Å². The van der Waals surface area contributed by atoms with Gasteiger partial charge in [0.25, 0.3) is 0 Å². The quantitative estimate of drug-likeness (QED) is 0.290. The summed E-state index contributed by atoms with van der Waals surface area (Å²) in [5, 5.41) is 6.47. The number of guanidine groups is 1. The molecule has 0 spiro atoms. The predicted octanol–water partition coefficient (Wildman–Crippen LogP) is 1.15. The van der Waals surface area contributed by atoms with E-state index in [0.29, 0.717) is 0 Å². The minimum atomic E-state index is 0.757. The van der Waals surface area contributed by atoms with Gasteiger partial charge >= 0.3 is 0 Å². The summed E-state index contributed by atoms with van der Waals surface area (Å²) in [7, 11) is 0. The van der Waals surface area contributed by atoms with Crippen molar-refractivity contribution in [3.05, 3.63) is 12.7 Å². The standard InChI is InChI=1S/C16H33N5/c1-4-9-18-16(17-5-2)19-10-7-8-11-21-14-12-20(6-3)13-15-21/h4H,1,5-15H2,2-3H3,(H2,17,18,19). The molecule has 1 heterocycles. The summed E-state index contributed by atoms with van der Waals surface area (Å²) in [4.78, 5) is 9.68. The van der Waals surface area contributed by atoms with E-state index in [4.69, 9.17) is 0 Å². The van der Waals surface area contributed by atoms with E-state index in [1.54, 1.807) is 0 Å². The second kappa shape index (κ2) is 11.6. The van der Waals surface area contributed by atoms with E-state index in [-0.39, 0.29) is 0 Å². The molecule has 21 heavy (non-hydrogen) atoms. The Kier molecular flexibility index (Phi) is 9.91. The summed E-state index contributed by atoms with van der Waals surface area (Å²) in [6, 6.07) is 0. The maximum absolute atomic E-state index is 4.58. The van der Waals surface area contributed by atoms with Gasteiger partial charge in [-0.15, -0.1) is 6.58 Å². The first-order valence-corrected chi connectivity index (χ1v) is 8.38. The van der Waals surface area contributed by atoms with Crippen molar-refractivity contribution in [1.82, 2.24) is 20.4 Å². The highest BCUT2D eigenvalue weighted by Crippen LogP contribution is 2.03. The van der Waals surface area contributed by atoms with Gasteiger partial charge in [0.05, 0.1) is 0 Å². The topological polar surface area (TPSA) is 42.9 Å². The van der Waals surface area contributed by atoms with E-state index in [0.717, 1.165) is 32.0 Å². The first kappa shape index (κ1) is 18.0. The van der Waals surface area contributed by atoms with Gasteiger partial charge in [-0.1, -0.05) is 13.0 Å². The number of nitrogens with zero attached hydrogens (tertiary/aromatic N) is 3. The Hall–Kier alpha value is -1.07. The summed E-state index contributed by atoms with van der Waals surface area (Å²) >= 11 is 0. The van der Waals surface area contributed by atoms with Gasteiger partial charge in [-0.25, -0.2) is 0 Å². The second-order valence-corrected chi connectivity index (χ2v) is 5.41. The molecule has 5 nitrogen and oxygen atoms in total. The van der Waals surface area contributed by atoms with Gasteiger partial charge < -0.3 is 20.4 Å². The van der Waals surface area contributed by atoms with E-state index < -0.39 is 0 Å². The number of aliphatic imine (C=N–C) groups is 1. The molecule has 1 fully saturated rings. The molecule has 0 aromatic rings. The SMILES string of the molecule is C=CCNC(=NCCCCN1CCN(CC)CC1)NCC. The number of hydrogen-bond donors (Lipinski definition) is 2. The number of rotatable bonds is 9. The number of unbranched alkanes of at least 4 members (excludes halogenated alkanes) is 1. The van der Waals surface area contributed by atoms with Crippen LogP contribution < -0.4 is 10.6 Å². The Balaban J connectivity index is 2.10. The van der Waals surface area contributed by atoms with Gasteiger partial charge in [0.2, 0.25) is 0 Å². The van der Waals surface area contributed by atoms with Crippen LogP contribution in [0.2, 0.25) is 0 Å². The molecule has 5 heteroatoms. The highest BCUT2D eigenvalue weighted by atomic mass is 15.3. The Morgan fingerprint density at radius 2 is 1.81 bits per heavy atom. The largest absolute Gasteiger partial charge is 0.357 e. The lowest BCUT2D eigenvalue weighted by atomic mass is 10.2. The fraction of sp³-hybridized carbons (Fsp3) is 0.812. The third-order valence-electron chi connectivity index (χ3n) is 3.82. The molecule has 122 valence electrons. The monoisotopic (exact) mass is 295 g/mol. The first-order valence-electron chi connectivity index (χ1n) is 8.38. The minimum Gasteiger partial charge on any atom is -0.357 e. The molecule has 0 aliphatic carbocycles. The minimum absolute atomic E-state index is 0.757. The van der Waals surface area contributed by atoms with Crippen LogP contribution >= 0.6 is 0 Å². The normalized spacial score (nSPS) is 17.7. The highest BCUT2D eigenvalue weighted by molar-refractivity contribution is 5.79. The van der Waals surface area contributed by atoms with Gasteiger partial charge in [-0.05, 0) is 32.9 Å². The zero-order valence-corrected chi connectivity index (χ0v) is 13.9. The maximum atomic E-state index is 4.58. The van der Waals surface area contributed by atoms with E-state index >= 15 is 0 Å². The lowest BCUT2D eigenvalue weighted by Crippen LogP contribution is -2.46. The van der Waals surface area contributed by atoms with Gasteiger partial charge in [0, 0.05) is 45.8 Å². The fourth-order valence-corrected chi connectivity index (χ4v) is 2.48. The molecule has 0 aromatic carbocycles. The number of nitrogens with one attached hydrogen (secondary N) is 2. The van der Waals surface area contributed by atoms with Gasteiger partial charge in [-0.2, -0.15) is 0 Å². The lowest BCUT2D eigenvalue weighted by Gasteiger charge is -2.33. The van der Waals surface area contributed by atoms with E-state index in [2.05, 4.69) is 45.9 Å². The summed E-state index contributed by atoms with van der Waals surface area (Å²) in [6.45, 7) is 17.9. The van der Waals surface area contributed by atoms with E-state index in [1.165, 1.54) is 45.7 Å². The Morgan fingerprint density at radius 1 is 1.10 bits per heavy atom. The summed E-state index contributed by atoms with van der Waals surface area (Å²) in [5.74, 6) is 0.897. The van der Waals surface area contributed by atoms with Crippen LogP contribution in [-0.4, -0.2) is 74.7 Å². The van der Waals surface area contributed by atoms with Crippen LogP contribution in [0.15, 0.2) is 17.6 Å². The van der Waals surface area contributed by atoms with Crippen LogP contribution in [0, 0.1) is 0 Å². The molecule has 1 rings (SSSR count). The Labute approximate surface area is 130 Å². The van der Waals surface area contributed by atoms with Crippen molar-refractivity contribution < 1.29 is 0 Å². The molecule has 0 amide bonds. The molecule has 0 radical (unpaired) electrons. The molecular weight excluding hydrogens is 262 g/mol. The molecule has 1 aliphatic rings. The van der Waals surface area contributed by atoms with Crippen LogP contribution in [0.1, 0.15) is 26.7 Å². The van der Waals surface area contributed by atoms with E-state index in [9.17, 15) is 0 Å². The van der Waals surface area contributed by atoms with Crippen LogP contribution in [0.3, 0.4) is 0 Å². The summed E-state index contributed by atoms with van der Waals surface area (Å²) < 4.78 is 0. The molecule has 1 saturated heterocycles. The molecule has 0 saturated carbocycles. The molecule has 0 bridgehead atoms. The van der Waals surface area contributed by atoms with Crippen molar-refractivity contribution in [2.24, 2.45) is 4.99 Å². The zero-order valence-electron chi connectivity index (χ0n) is 13.9. The van der Waals surface area contributed by atoms with Crippen molar-refractivity contribution in [2.45, 2.75) is 26.7 Å². The van der Waals surface area contributed by atoms with E-state index in [1.807, 2.05) is 6.08 Å². The van der Waals surface area contributed by atoms with Crippen molar-refractivity contribution in [1.29, 1.82) is 0 Å². The average Bonchev–Trinajstić information content (AvgIpc) is 2.52. The van der Waals surface area contributed by atoms with Crippen molar-refractivity contribution in [3.63, 3.8) is 0 Å². The molecule has 0 aromatic heterocycles. The number of piperazine rings is 1. The van der Waals surface area contributed by atoms with Crippen molar-refractivity contribution in [3.8, 4) is 0 Å². The third-order valence-corrected chi connectivity index (χ3v) is 3.82. The molecular formula is C16H33N5. The Bertz CT molecular complexity index is 295. The van der Waals surface area contributed by atoms with Crippen LogP contribution in [-0.2, 0) is 0 Å².